The van der Waals surface area contributed by atoms with Crippen molar-refractivity contribution < 1.29 is 9.18 Å². The zero-order valence-electron chi connectivity index (χ0n) is 10.9. The summed E-state index contributed by atoms with van der Waals surface area (Å²) in [5.41, 5.74) is 0.626. The predicted molar refractivity (Wildman–Crippen MR) is 69.9 cm³/mol. The first-order valence-corrected chi connectivity index (χ1v) is 6.98. The normalized spacial score (nSPS) is 20.9. The monoisotopic (exact) mass is 271 g/mol. The average Bonchev–Trinajstić information content (AvgIpc) is 3.09. The third-order valence-electron chi connectivity index (χ3n) is 4.07. The summed E-state index contributed by atoms with van der Waals surface area (Å²) in [5.74, 6) is 1.03. The fraction of sp³-hybridized carbons (Fsp3) is 0.400. The molecule has 2 heterocycles. The van der Waals surface area contributed by atoms with Crippen molar-refractivity contribution in [2.45, 2.75) is 31.7 Å². The van der Waals surface area contributed by atoms with Gasteiger partial charge in [0, 0.05) is 17.9 Å². The van der Waals surface area contributed by atoms with Crippen LogP contribution in [-0.2, 0) is 6.42 Å². The van der Waals surface area contributed by atoms with Crippen molar-refractivity contribution in [2.75, 3.05) is 0 Å². The first kappa shape index (κ1) is 11.8. The van der Waals surface area contributed by atoms with Gasteiger partial charge in [-0.05, 0) is 25.3 Å². The van der Waals surface area contributed by atoms with Crippen LogP contribution >= 0.6 is 0 Å². The molecule has 1 atom stereocenters. The number of rotatable bonds is 3. The van der Waals surface area contributed by atoms with Gasteiger partial charge in [0.05, 0.1) is 6.04 Å². The molecule has 5 heteroatoms. The topological polar surface area (TPSA) is 47.8 Å². The number of hydrogen-bond donors (Lipinski definition) is 0. The van der Waals surface area contributed by atoms with E-state index in [9.17, 15) is 9.18 Å². The zero-order chi connectivity index (χ0) is 13.7. The molecule has 0 amide bonds. The van der Waals surface area contributed by atoms with Crippen molar-refractivity contribution >= 4 is 5.78 Å². The third kappa shape index (κ3) is 1.77. The molecule has 1 aliphatic carbocycles. The highest BCUT2D eigenvalue weighted by Crippen LogP contribution is 2.34. The molecule has 20 heavy (non-hydrogen) atoms. The minimum Gasteiger partial charge on any atom is -0.290 e. The molecule has 1 fully saturated rings. The molecule has 0 spiro atoms. The minimum absolute atomic E-state index is 0.0409. The number of halogens is 1. The number of aryl methyl sites for hydroxylation is 1. The fourth-order valence-electron chi connectivity index (χ4n) is 2.83. The SMILES string of the molecule is O=C(c1nc2n(n1)[C@H](c1ccccc1F)CC2)C1CC1. The quantitative estimate of drug-likeness (QED) is 0.806. The van der Waals surface area contributed by atoms with Crippen LogP contribution in [0.2, 0.25) is 0 Å². The van der Waals surface area contributed by atoms with Crippen LogP contribution in [0.15, 0.2) is 24.3 Å². The Morgan fingerprint density at radius 2 is 2.05 bits per heavy atom. The van der Waals surface area contributed by atoms with E-state index in [1.807, 2.05) is 6.07 Å². The Hall–Kier alpha value is -2.04. The van der Waals surface area contributed by atoms with E-state index in [-0.39, 0.29) is 23.6 Å². The second-order valence-electron chi connectivity index (χ2n) is 5.51. The third-order valence-corrected chi connectivity index (χ3v) is 4.07. The van der Waals surface area contributed by atoms with E-state index in [0.717, 1.165) is 31.5 Å². The van der Waals surface area contributed by atoms with Crippen molar-refractivity contribution in [1.82, 2.24) is 14.8 Å². The zero-order valence-corrected chi connectivity index (χ0v) is 10.9. The number of ketones is 1. The van der Waals surface area contributed by atoms with Crippen LogP contribution in [0.3, 0.4) is 0 Å². The van der Waals surface area contributed by atoms with Crippen LogP contribution in [0.1, 0.15) is 47.3 Å². The summed E-state index contributed by atoms with van der Waals surface area (Å²) in [6.45, 7) is 0. The molecule has 1 aromatic carbocycles. The molecule has 0 saturated heterocycles. The Morgan fingerprint density at radius 1 is 1.25 bits per heavy atom. The first-order chi connectivity index (χ1) is 9.74. The van der Waals surface area contributed by atoms with E-state index in [2.05, 4.69) is 10.1 Å². The molecular weight excluding hydrogens is 257 g/mol. The molecule has 2 aromatic rings. The van der Waals surface area contributed by atoms with Crippen LogP contribution in [-0.4, -0.2) is 20.5 Å². The van der Waals surface area contributed by atoms with Crippen LogP contribution < -0.4 is 0 Å². The molecule has 2 aliphatic rings. The van der Waals surface area contributed by atoms with E-state index >= 15 is 0 Å². The second-order valence-corrected chi connectivity index (χ2v) is 5.51. The summed E-state index contributed by atoms with van der Waals surface area (Å²) >= 11 is 0. The second kappa shape index (κ2) is 4.23. The lowest BCUT2D eigenvalue weighted by atomic mass is 10.0. The van der Waals surface area contributed by atoms with Crippen LogP contribution in [0.25, 0.3) is 0 Å². The molecule has 0 bridgehead atoms. The van der Waals surface area contributed by atoms with E-state index in [1.165, 1.54) is 6.07 Å². The highest BCUT2D eigenvalue weighted by atomic mass is 19.1. The molecule has 0 radical (unpaired) electrons. The van der Waals surface area contributed by atoms with Crippen molar-refractivity contribution in [2.24, 2.45) is 5.92 Å². The number of benzene rings is 1. The van der Waals surface area contributed by atoms with Gasteiger partial charge in [0.1, 0.15) is 11.6 Å². The summed E-state index contributed by atoms with van der Waals surface area (Å²) in [6.07, 6.45) is 3.41. The predicted octanol–water partition coefficient (Wildman–Crippen LogP) is 2.55. The molecule has 4 nitrogen and oxygen atoms in total. The van der Waals surface area contributed by atoms with Gasteiger partial charge in [-0.25, -0.2) is 14.1 Å². The standard InChI is InChI=1S/C15H14FN3O/c16-11-4-2-1-3-10(11)12-7-8-13-17-15(18-19(12)13)14(20)9-5-6-9/h1-4,9,12H,5-8H2/t12-/m0/s1. The van der Waals surface area contributed by atoms with Gasteiger partial charge in [0.25, 0.3) is 0 Å². The Labute approximate surface area is 115 Å². The maximum absolute atomic E-state index is 13.9. The van der Waals surface area contributed by atoms with Gasteiger partial charge >= 0.3 is 0 Å². The Morgan fingerprint density at radius 3 is 2.80 bits per heavy atom. The van der Waals surface area contributed by atoms with Gasteiger partial charge in [0.15, 0.2) is 0 Å². The maximum atomic E-state index is 13.9. The van der Waals surface area contributed by atoms with E-state index < -0.39 is 0 Å². The molecule has 0 unspecified atom stereocenters. The molecule has 102 valence electrons. The van der Waals surface area contributed by atoms with Crippen LogP contribution in [0.4, 0.5) is 4.39 Å². The Balaban J connectivity index is 1.71. The number of hydrogen-bond acceptors (Lipinski definition) is 3. The number of nitrogens with zero attached hydrogens (tertiary/aromatic N) is 3. The Bertz CT molecular complexity index is 690. The summed E-state index contributed by atoms with van der Waals surface area (Å²) < 4.78 is 15.6. The summed E-state index contributed by atoms with van der Waals surface area (Å²) in [6, 6.07) is 6.60. The lowest BCUT2D eigenvalue weighted by molar-refractivity contribution is 0.0957. The maximum Gasteiger partial charge on any atom is 0.217 e. The van der Waals surface area contributed by atoms with E-state index in [4.69, 9.17) is 0 Å². The van der Waals surface area contributed by atoms with Crippen LogP contribution in [0, 0.1) is 11.7 Å². The van der Waals surface area contributed by atoms with Gasteiger partial charge < -0.3 is 0 Å². The van der Waals surface area contributed by atoms with Gasteiger partial charge in [-0.2, -0.15) is 0 Å². The van der Waals surface area contributed by atoms with Crippen LogP contribution in [0.5, 0.6) is 0 Å². The fourth-order valence-corrected chi connectivity index (χ4v) is 2.83. The summed E-state index contributed by atoms with van der Waals surface area (Å²) in [7, 11) is 0. The van der Waals surface area contributed by atoms with Crippen molar-refractivity contribution in [1.29, 1.82) is 0 Å². The molecular formula is C15H14FN3O. The molecule has 1 saturated carbocycles. The lowest BCUT2D eigenvalue weighted by Crippen LogP contribution is -2.11. The highest BCUT2D eigenvalue weighted by molar-refractivity contribution is 5.95. The van der Waals surface area contributed by atoms with Crippen molar-refractivity contribution in [3.63, 3.8) is 0 Å². The number of Topliss-reactive ketones (excluding diaryl/α,β-unsaturated/α-hetero) is 1. The Kier molecular flexibility index (Phi) is 2.49. The summed E-state index contributed by atoms with van der Waals surface area (Å²) in [4.78, 5) is 16.3. The molecule has 4 rings (SSSR count). The molecule has 1 aliphatic heterocycles. The summed E-state index contributed by atoms with van der Waals surface area (Å²) in [5, 5.41) is 4.34. The van der Waals surface area contributed by atoms with Crippen molar-refractivity contribution in [3.05, 3.63) is 47.3 Å². The average molecular weight is 271 g/mol. The number of carbonyl (C=O) groups is 1. The highest BCUT2D eigenvalue weighted by Gasteiger charge is 2.36. The van der Waals surface area contributed by atoms with Gasteiger partial charge in [0.2, 0.25) is 11.6 Å². The van der Waals surface area contributed by atoms with E-state index in [0.29, 0.717) is 11.4 Å². The lowest BCUT2D eigenvalue weighted by Gasteiger charge is -2.12. The smallest absolute Gasteiger partial charge is 0.217 e. The number of fused-ring (bicyclic) bond motifs is 1. The largest absolute Gasteiger partial charge is 0.290 e. The molecule has 0 N–H and O–H groups in total. The van der Waals surface area contributed by atoms with Gasteiger partial charge in [-0.15, -0.1) is 5.10 Å². The first-order valence-electron chi connectivity index (χ1n) is 6.98. The van der Waals surface area contributed by atoms with Gasteiger partial charge in [-0.3, -0.25) is 4.79 Å². The van der Waals surface area contributed by atoms with Gasteiger partial charge in [-0.1, -0.05) is 18.2 Å². The minimum atomic E-state index is -0.226. The number of aromatic nitrogens is 3. The van der Waals surface area contributed by atoms with Crippen molar-refractivity contribution in [3.8, 4) is 0 Å². The van der Waals surface area contributed by atoms with E-state index in [1.54, 1.807) is 16.8 Å². The number of carbonyl (C=O) groups excluding carboxylic acids is 1. The molecule has 1 aromatic heterocycles.